The predicted octanol–water partition coefficient (Wildman–Crippen LogP) is 1.52. The van der Waals surface area contributed by atoms with Gasteiger partial charge < -0.3 is 0 Å². The van der Waals surface area contributed by atoms with Crippen LogP contribution in [0.3, 0.4) is 0 Å². The summed E-state index contributed by atoms with van der Waals surface area (Å²) in [5.41, 5.74) is -2.12. The fourth-order valence-electron chi connectivity index (χ4n) is 1.36. The lowest BCUT2D eigenvalue weighted by molar-refractivity contribution is -0.137. The minimum Gasteiger partial charge on any atom is -0.264 e. The molecule has 19 heavy (non-hydrogen) atoms. The first-order valence-electron chi connectivity index (χ1n) is 4.95. The molecule has 0 aliphatic carbocycles. The number of hydrogen-bond donors (Lipinski definition) is 0. The third-order valence-electron chi connectivity index (χ3n) is 2.24. The lowest BCUT2D eigenvalue weighted by Gasteiger charge is -2.09. The summed E-state index contributed by atoms with van der Waals surface area (Å²) in [5.74, 6) is 0. The van der Waals surface area contributed by atoms with Gasteiger partial charge in [-0.15, -0.1) is 5.10 Å². The first-order chi connectivity index (χ1) is 8.91. The molecule has 2 rings (SSSR count). The van der Waals surface area contributed by atoms with Crippen LogP contribution in [0.5, 0.6) is 0 Å². The summed E-state index contributed by atoms with van der Waals surface area (Å²) < 4.78 is 38.6. The lowest BCUT2D eigenvalue weighted by Crippen LogP contribution is -2.18. The molecule has 0 radical (unpaired) electrons. The van der Waals surface area contributed by atoms with Crippen molar-refractivity contribution in [2.24, 2.45) is 0 Å². The molecule has 0 amide bonds. The summed E-state index contributed by atoms with van der Waals surface area (Å²) in [6.07, 6.45) is -3.53. The monoisotopic (exact) mass is 266 g/mol. The van der Waals surface area contributed by atoms with E-state index in [1.165, 1.54) is 18.2 Å². The van der Waals surface area contributed by atoms with E-state index in [0.717, 1.165) is 23.1 Å². The minimum atomic E-state index is -4.49. The van der Waals surface area contributed by atoms with Gasteiger partial charge in [0.2, 0.25) is 5.69 Å². The Kier molecular flexibility index (Phi) is 3.04. The second kappa shape index (κ2) is 4.53. The van der Waals surface area contributed by atoms with Gasteiger partial charge in [0.05, 0.1) is 11.3 Å². The standard InChI is InChI=1S/C11H5F3N4O/c12-11(13,14)7-2-1-3-8(4-7)18-6-16-10(19)9(5-15)17-18/h1-4,6H. The summed E-state index contributed by atoms with van der Waals surface area (Å²) in [6.45, 7) is 0. The van der Waals surface area contributed by atoms with E-state index < -0.39 is 23.0 Å². The van der Waals surface area contributed by atoms with Crippen molar-refractivity contribution in [1.82, 2.24) is 14.8 Å². The third kappa shape index (κ3) is 2.60. The molecule has 1 aromatic heterocycles. The van der Waals surface area contributed by atoms with E-state index in [4.69, 9.17) is 5.26 Å². The zero-order valence-corrected chi connectivity index (χ0v) is 9.22. The number of rotatable bonds is 1. The van der Waals surface area contributed by atoms with Gasteiger partial charge >= 0.3 is 11.7 Å². The van der Waals surface area contributed by atoms with Crippen LogP contribution in [0.4, 0.5) is 13.2 Å². The van der Waals surface area contributed by atoms with E-state index in [0.29, 0.717) is 0 Å². The van der Waals surface area contributed by atoms with Gasteiger partial charge in [-0.25, -0.2) is 4.68 Å². The highest BCUT2D eigenvalue weighted by Gasteiger charge is 2.30. The van der Waals surface area contributed by atoms with E-state index >= 15 is 0 Å². The fourth-order valence-corrected chi connectivity index (χ4v) is 1.36. The molecule has 0 N–H and O–H groups in total. The highest BCUT2D eigenvalue weighted by molar-refractivity contribution is 5.36. The Hall–Kier alpha value is -2.69. The predicted molar refractivity (Wildman–Crippen MR) is 57.3 cm³/mol. The quantitative estimate of drug-likeness (QED) is 0.784. The number of hydrogen-bond acceptors (Lipinski definition) is 4. The average molecular weight is 266 g/mol. The maximum atomic E-state index is 12.5. The van der Waals surface area contributed by atoms with Crippen LogP contribution in [-0.4, -0.2) is 14.8 Å². The summed E-state index contributed by atoms with van der Waals surface area (Å²) in [5, 5.41) is 12.2. The number of nitriles is 1. The van der Waals surface area contributed by atoms with Crippen LogP contribution in [0.15, 0.2) is 35.4 Å². The maximum absolute atomic E-state index is 12.5. The smallest absolute Gasteiger partial charge is 0.264 e. The Morgan fingerprint density at radius 3 is 2.68 bits per heavy atom. The minimum absolute atomic E-state index is 0.0545. The van der Waals surface area contributed by atoms with E-state index in [1.807, 2.05) is 0 Å². The number of halogens is 3. The first kappa shape index (κ1) is 12.8. The molecule has 0 fully saturated rings. The summed E-state index contributed by atoms with van der Waals surface area (Å²) >= 11 is 0. The second-order valence-electron chi connectivity index (χ2n) is 3.50. The Labute approximate surface area is 104 Å². The lowest BCUT2D eigenvalue weighted by atomic mass is 10.2. The molecule has 0 spiro atoms. The van der Waals surface area contributed by atoms with Gasteiger partial charge in [0.15, 0.2) is 0 Å². The van der Waals surface area contributed by atoms with Crippen LogP contribution >= 0.6 is 0 Å². The molecule has 96 valence electrons. The van der Waals surface area contributed by atoms with E-state index in [2.05, 4.69) is 10.1 Å². The Morgan fingerprint density at radius 2 is 2.05 bits per heavy atom. The second-order valence-corrected chi connectivity index (χ2v) is 3.50. The van der Waals surface area contributed by atoms with Gasteiger partial charge in [0.25, 0.3) is 0 Å². The van der Waals surface area contributed by atoms with Crippen LogP contribution in [0.2, 0.25) is 0 Å². The van der Waals surface area contributed by atoms with Gasteiger partial charge in [-0.3, -0.25) is 4.79 Å². The Balaban J connectivity index is 2.54. The Bertz CT molecular complexity index is 715. The van der Waals surface area contributed by atoms with E-state index in [-0.39, 0.29) is 5.69 Å². The Morgan fingerprint density at radius 1 is 1.32 bits per heavy atom. The summed E-state index contributed by atoms with van der Waals surface area (Å²) in [4.78, 5) is 14.4. The van der Waals surface area contributed by atoms with Crippen molar-refractivity contribution in [3.05, 3.63) is 52.2 Å². The molecule has 0 bridgehead atoms. The topological polar surface area (TPSA) is 71.6 Å². The van der Waals surface area contributed by atoms with Crippen molar-refractivity contribution < 1.29 is 13.2 Å². The van der Waals surface area contributed by atoms with Crippen molar-refractivity contribution in [2.75, 3.05) is 0 Å². The number of aromatic nitrogens is 3. The highest BCUT2D eigenvalue weighted by Crippen LogP contribution is 2.29. The molecule has 0 atom stereocenters. The highest BCUT2D eigenvalue weighted by atomic mass is 19.4. The van der Waals surface area contributed by atoms with Crippen molar-refractivity contribution >= 4 is 0 Å². The van der Waals surface area contributed by atoms with Crippen molar-refractivity contribution in [3.63, 3.8) is 0 Å². The largest absolute Gasteiger partial charge is 0.416 e. The maximum Gasteiger partial charge on any atom is 0.416 e. The van der Waals surface area contributed by atoms with E-state index in [9.17, 15) is 18.0 Å². The third-order valence-corrected chi connectivity index (χ3v) is 2.24. The molecule has 2 aromatic rings. The molecular weight excluding hydrogens is 261 g/mol. The molecule has 5 nitrogen and oxygen atoms in total. The molecule has 0 saturated carbocycles. The van der Waals surface area contributed by atoms with Crippen molar-refractivity contribution in [1.29, 1.82) is 5.26 Å². The van der Waals surface area contributed by atoms with Crippen LogP contribution in [-0.2, 0) is 6.18 Å². The van der Waals surface area contributed by atoms with Gasteiger partial charge in [-0.05, 0) is 18.2 Å². The normalized spacial score (nSPS) is 11.1. The van der Waals surface area contributed by atoms with Crippen molar-refractivity contribution in [2.45, 2.75) is 6.18 Å². The fraction of sp³-hybridized carbons (Fsp3) is 0.0909. The van der Waals surface area contributed by atoms with Crippen LogP contribution < -0.4 is 5.56 Å². The summed E-state index contributed by atoms with van der Waals surface area (Å²) in [7, 11) is 0. The SMILES string of the molecule is N#Cc1nn(-c2cccc(C(F)(F)F)c2)cnc1=O. The molecule has 0 unspecified atom stereocenters. The van der Waals surface area contributed by atoms with Crippen LogP contribution in [0.1, 0.15) is 11.3 Å². The van der Waals surface area contributed by atoms with E-state index in [1.54, 1.807) is 0 Å². The van der Waals surface area contributed by atoms with Gasteiger partial charge in [0.1, 0.15) is 12.4 Å². The average Bonchev–Trinajstić information content (AvgIpc) is 2.38. The van der Waals surface area contributed by atoms with Crippen LogP contribution in [0.25, 0.3) is 5.69 Å². The van der Waals surface area contributed by atoms with Gasteiger partial charge in [0, 0.05) is 0 Å². The van der Waals surface area contributed by atoms with Crippen LogP contribution in [0, 0.1) is 11.3 Å². The first-order valence-corrected chi connectivity index (χ1v) is 4.95. The molecule has 0 aliphatic heterocycles. The van der Waals surface area contributed by atoms with Crippen molar-refractivity contribution in [3.8, 4) is 11.8 Å². The number of nitrogens with zero attached hydrogens (tertiary/aromatic N) is 4. The zero-order valence-electron chi connectivity index (χ0n) is 9.22. The zero-order chi connectivity index (χ0) is 14.0. The molecule has 1 heterocycles. The summed E-state index contributed by atoms with van der Waals surface area (Å²) in [6, 6.07) is 5.83. The molecule has 0 aliphatic rings. The molecule has 1 aromatic carbocycles. The number of benzene rings is 1. The molecule has 0 saturated heterocycles. The van der Waals surface area contributed by atoms with Gasteiger partial charge in [-0.1, -0.05) is 6.07 Å². The molecular formula is C11H5F3N4O. The molecule has 8 heteroatoms. The number of alkyl halides is 3. The van der Waals surface area contributed by atoms with Gasteiger partial charge in [-0.2, -0.15) is 23.4 Å².